The molecule has 0 saturated carbocycles. The molecule has 0 saturated heterocycles. The second-order valence-electron chi connectivity index (χ2n) is 3.41. The van der Waals surface area contributed by atoms with Gasteiger partial charge in [-0.25, -0.2) is 8.78 Å². The van der Waals surface area contributed by atoms with Gasteiger partial charge in [0.2, 0.25) is 0 Å². The summed E-state index contributed by atoms with van der Waals surface area (Å²) in [7, 11) is 0. The van der Waals surface area contributed by atoms with Crippen molar-refractivity contribution < 1.29 is 8.78 Å². The predicted octanol–water partition coefficient (Wildman–Crippen LogP) is 4.49. The molecule has 2 rings (SSSR count). The lowest BCUT2D eigenvalue weighted by atomic mass is 10.1. The molecule has 1 atom stereocenters. The van der Waals surface area contributed by atoms with E-state index in [4.69, 9.17) is 17.3 Å². The summed E-state index contributed by atoms with van der Waals surface area (Å²) in [4.78, 5) is 0.748. The number of thiophene rings is 1. The van der Waals surface area contributed by atoms with Gasteiger partial charge in [-0.15, -0.1) is 11.3 Å². The minimum atomic E-state index is -0.696. The second kappa shape index (κ2) is 5.02. The van der Waals surface area contributed by atoms with Crippen molar-refractivity contribution in [3.05, 3.63) is 55.1 Å². The fourth-order valence-electron chi connectivity index (χ4n) is 1.42. The molecule has 0 bridgehead atoms. The van der Waals surface area contributed by atoms with Gasteiger partial charge in [0.1, 0.15) is 11.6 Å². The third-order valence-corrected chi connectivity index (χ3v) is 4.27. The topological polar surface area (TPSA) is 26.0 Å². The Kier molecular flexibility index (Phi) is 3.82. The van der Waals surface area contributed by atoms with Crippen molar-refractivity contribution in [1.82, 2.24) is 0 Å². The van der Waals surface area contributed by atoms with Crippen LogP contribution in [0.25, 0.3) is 0 Å². The molecule has 1 heterocycles. The van der Waals surface area contributed by atoms with Gasteiger partial charge in [-0.2, -0.15) is 0 Å². The van der Waals surface area contributed by atoms with E-state index in [9.17, 15) is 8.78 Å². The van der Waals surface area contributed by atoms with Gasteiger partial charge >= 0.3 is 0 Å². The molecule has 1 aromatic carbocycles. The molecule has 1 nitrogen and oxygen atoms in total. The van der Waals surface area contributed by atoms with Gasteiger partial charge in [-0.3, -0.25) is 0 Å². The van der Waals surface area contributed by atoms with E-state index in [2.05, 4.69) is 15.9 Å². The van der Waals surface area contributed by atoms with Crippen molar-refractivity contribution in [2.45, 2.75) is 6.04 Å². The Bertz CT molecular complexity index is 558. The van der Waals surface area contributed by atoms with E-state index < -0.39 is 17.7 Å². The van der Waals surface area contributed by atoms with E-state index in [1.54, 1.807) is 6.07 Å². The standard InChI is InChI=1S/C11H7BrClF2NS/c12-10-2-1-9(17-10)11(16)5-3-8(15)6(13)4-7(5)14/h1-4,11H,16H2. The Morgan fingerprint density at radius 3 is 2.53 bits per heavy atom. The maximum absolute atomic E-state index is 13.6. The lowest BCUT2D eigenvalue weighted by Gasteiger charge is -2.11. The van der Waals surface area contributed by atoms with E-state index in [1.165, 1.54) is 11.3 Å². The highest BCUT2D eigenvalue weighted by molar-refractivity contribution is 9.11. The molecule has 17 heavy (non-hydrogen) atoms. The van der Waals surface area contributed by atoms with Gasteiger partial charge < -0.3 is 5.73 Å². The third kappa shape index (κ3) is 2.68. The van der Waals surface area contributed by atoms with Crippen molar-refractivity contribution in [2.24, 2.45) is 5.73 Å². The summed E-state index contributed by atoms with van der Waals surface area (Å²) < 4.78 is 27.8. The van der Waals surface area contributed by atoms with Crippen LogP contribution in [-0.4, -0.2) is 0 Å². The Labute approximate surface area is 114 Å². The molecule has 0 amide bonds. The van der Waals surface area contributed by atoms with Crippen molar-refractivity contribution in [3.63, 3.8) is 0 Å². The average molecular weight is 339 g/mol. The fourth-order valence-corrected chi connectivity index (χ4v) is 3.02. The molecular formula is C11H7BrClF2NS. The smallest absolute Gasteiger partial charge is 0.142 e. The molecule has 0 aliphatic heterocycles. The first-order valence-corrected chi connectivity index (χ1v) is 6.63. The van der Waals surface area contributed by atoms with Crippen LogP contribution in [-0.2, 0) is 0 Å². The van der Waals surface area contributed by atoms with Crippen molar-refractivity contribution in [2.75, 3.05) is 0 Å². The molecule has 0 spiro atoms. The summed E-state index contributed by atoms with van der Waals surface area (Å²) in [6.07, 6.45) is 0. The summed E-state index contributed by atoms with van der Waals surface area (Å²) in [5.41, 5.74) is 5.99. The number of halogens is 4. The molecule has 2 N–H and O–H groups in total. The van der Waals surface area contributed by atoms with Gasteiger partial charge in [0, 0.05) is 10.4 Å². The van der Waals surface area contributed by atoms with Crippen molar-refractivity contribution in [3.8, 4) is 0 Å². The zero-order valence-corrected chi connectivity index (χ0v) is 11.5. The first kappa shape index (κ1) is 13.0. The van der Waals surface area contributed by atoms with E-state index in [0.29, 0.717) is 0 Å². The minimum Gasteiger partial charge on any atom is -0.320 e. The molecule has 2 aromatic rings. The Morgan fingerprint density at radius 1 is 1.24 bits per heavy atom. The maximum atomic E-state index is 13.6. The number of rotatable bonds is 2. The molecule has 0 aliphatic carbocycles. The summed E-state index contributed by atoms with van der Waals surface area (Å²) in [5, 5.41) is -0.245. The SMILES string of the molecule is NC(c1ccc(Br)s1)c1cc(F)c(Cl)cc1F. The quantitative estimate of drug-likeness (QED) is 0.802. The Hall–Kier alpha value is -0.490. The van der Waals surface area contributed by atoms with E-state index in [1.807, 2.05) is 6.07 Å². The maximum Gasteiger partial charge on any atom is 0.142 e. The second-order valence-corrected chi connectivity index (χ2v) is 6.31. The first-order chi connectivity index (χ1) is 7.99. The van der Waals surface area contributed by atoms with Crippen LogP contribution in [0, 0.1) is 11.6 Å². The zero-order valence-electron chi connectivity index (χ0n) is 8.38. The lowest BCUT2D eigenvalue weighted by molar-refractivity contribution is 0.578. The van der Waals surface area contributed by atoms with E-state index in [0.717, 1.165) is 20.8 Å². The molecule has 0 aliphatic rings. The number of hydrogen-bond donors (Lipinski definition) is 1. The Balaban J connectivity index is 2.43. The summed E-state index contributed by atoms with van der Waals surface area (Å²) >= 11 is 10.2. The van der Waals surface area contributed by atoms with E-state index in [-0.39, 0.29) is 10.6 Å². The predicted molar refractivity (Wildman–Crippen MR) is 69.4 cm³/mol. The average Bonchev–Trinajstić information content (AvgIpc) is 2.69. The first-order valence-electron chi connectivity index (χ1n) is 4.64. The number of benzene rings is 1. The summed E-state index contributed by atoms with van der Waals surface area (Å²) in [6, 6.07) is 4.86. The summed E-state index contributed by atoms with van der Waals surface area (Å²) in [5.74, 6) is -1.28. The van der Waals surface area contributed by atoms with Gasteiger partial charge in [-0.05, 0) is 40.2 Å². The van der Waals surface area contributed by atoms with Gasteiger partial charge in [0.15, 0.2) is 0 Å². The van der Waals surface area contributed by atoms with Crippen LogP contribution in [0.4, 0.5) is 8.78 Å². The molecule has 1 aromatic heterocycles. The van der Waals surface area contributed by atoms with Crippen LogP contribution >= 0.6 is 38.9 Å². The normalized spacial score (nSPS) is 12.8. The summed E-state index contributed by atoms with van der Waals surface area (Å²) in [6.45, 7) is 0. The molecule has 0 radical (unpaired) electrons. The minimum absolute atomic E-state index is 0.0984. The van der Waals surface area contributed by atoms with Crippen molar-refractivity contribution in [1.29, 1.82) is 0 Å². The Morgan fingerprint density at radius 2 is 1.94 bits per heavy atom. The zero-order chi connectivity index (χ0) is 12.6. The number of nitrogens with two attached hydrogens (primary N) is 1. The van der Waals surface area contributed by atoms with Crippen LogP contribution < -0.4 is 5.73 Å². The highest BCUT2D eigenvalue weighted by atomic mass is 79.9. The highest BCUT2D eigenvalue weighted by Crippen LogP contribution is 2.32. The van der Waals surface area contributed by atoms with Crippen LogP contribution in [0.1, 0.15) is 16.5 Å². The van der Waals surface area contributed by atoms with E-state index >= 15 is 0 Å². The fraction of sp³-hybridized carbons (Fsp3) is 0.0909. The van der Waals surface area contributed by atoms with Crippen LogP contribution in [0.2, 0.25) is 5.02 Å². The van der Waals surface area contributed by atoms with Gasteiger partial charge in [0.25, 0.3) is 0 Å². The van der Waals surface area contributed by atoms with Crippen LogP contribution in [0.15, 0.2) is 28.1 Å². The molecule has 6 heteroatoms. The molecule has 90 valence electrons. The largest absolute Gasteiger partial charge is 0.320 e. The lowest BCUT2D eigenvalue weighted by Crippen LogP contribution is -2.12. The molecule has 1 unspecified atom stereocenters. The molecular weight excluding hydrogens is 332 g/mol. The van der Waals surface area contributed by atoms with Gasteiger partial charge in [-0.1, -0.05) is 11.6 Å². The number of hydrogen-bond acceptors (Lipinski definition) is 2. The molecule has 0 fully saturated rings. The van der Waals surface area contributed by atoms with Crippen LogP contribution in [0.5, 0.6) is 0 Å². The monoisotopic (exact) mass is 337 g/mol. The van der Waals surface area contributed by atoms with Gasteiger partial charge in [0.05, 0.1) is 14.9 Å². The van der Waals surface area contributed by atoms with Crippen molar-refractivity contribution >= 4 is 38.9 Å². The third-order valence-electron chi connectivity index (χ3n) is 2.28. The highest BCUT2D eigenvalue weighted by Gasteiger charge is 2.18. The van der Waals surface area contributed by atoms with Crippen LogP contribution in [0.3, 0.4) is 0 Å².